The molecule has 0 fully saturated rings. The summed E-state index contributed by atoms with van der Waals surface area (Å²) in [5.74, 6) is -0.133. The lowest BCUT2D eigenvalue weighted by atomic mass is 10.1. The van der Waals surface area contributed by atoms with E-state index >= 15 is 0 Å². The van der Waals surface area contributed by atoms with Gasteiger partial charge in [0.2, 0.25) is 0 Å². The molecule has 0 atom stereocenters. The summed E-state index contributed by atoms with van der Waals surface area (Å²) >= 11 is 0. The summed E-state index contributed by atoms with van der Waals surface area (Å²) in [7, 11) is 0. The van der Waals surface area contributed by atoms with Gasteiger partial charge in [0.25, 0.3) is 0 Å². The maximum absolute atomic E-state index is 12.4. The van der Waals surface area contributed by atoms with Crippen LogP contribution in [-0.4, -0.2) is 10.8 Å². The molecule has 2 rings (SSSR count). The number of nitrogen functional groups attached to an aromatic ring is 1. The molecule has 6 heteroatoms. The second kappa shape index (κ2) is 3.73. The molecule has 0 aliphatic rings. The normalized spacial score (nSPS) is 11.7. The van der Waals surface area contributed by atoms with Gasteiger partial charge in [0.15, 0.2) is 0 Å². The standard InChI is InChI=1S/C11H8F3N3/c12-11(13,14)9-4-2-6-5-7(10(15)16)1-3-8(6)17-9/h1-5H,(H3,15,16). The highest BCUT2D eigenvalue weighted by molar-refractivity contribution is 5.98. The zero-order chi connectivity index (χ0) is 12.6. The van der Waals surface area contributed by atoms with Crippen molar-refractivity contribution in [3.05, 3.63) is 41.6 Å². The van der Waals surface area contributed by atoms with E-state index in [4.69, 9.17) is 11.1 Å². The lowest BCUT2D eigenvalue weighted by Crippen LogP contribution is -2.11. The van der Waals surface area contributed by atoms with Gasteiger partial charge in [-0.2, -0.15) is 13.2 Å². The molecule has 1 aromatic heterocycles. The quantitative estimate of drug-likeness (QED) is 0.593. The number of nitrogens with two attached hydrogens (primary N) is 1. The third-order valence-electron chi connectivity index (χ3n) is 2.29. The Labute approximate surface area is 94.6 Å². The predicted octanol–water partition coefficient (Wildman–Crippen LogP) is 2.54. The Morgan fingerprint density at radius 2 is 1.88 bits per heavy atom. The number of nitrogens with one attached hydrogen (secondary N) is 1. The average molecular weight is 239 g/mol. The number of amidine groups is 1. The largest absolute Gasteiger partial charge is 0.433 e. The molecule has 0 bridgehead atoms. The Bertz CT molecular complexity index is 590. The molecule has 1 heterocycles. The van der Waals surface area contributed by atoms with Gasteiger partial charge in [-0.15, -0.1) is 0 Å². The summed E-state index contributed by atoms with van der Waals surface area (Å²) in [6.45, 7) is 0. The molecule has 88 valence electrons. The molecule has 0 saturated heterocycles. The number of fused-ring (bicyclic) bond motifs is 1. The fraction of sp³-hybridized carbons (Fsp3) is 0.0909. The number of alkyl halides is 3. The number of hydrogen-bond acceptors (Lipinski definition) is 2. The van der Waals surface area contributed by atoms with Crippen LogP contribution in [0.4, 0.5) is 13.2 Å². The van der Waals surface area contributed by atoms with E-state index in [2.05, 4.69) is 4.98 Å². The van der Waals surface area contributed by atoms with Crippen molar-refractivity contribution in [1.29, 1.82) is 5.41 Å². The Morgan fingerprint density at radius 1 is 1.18 bits per heavy atom. The van der Waals surface area contributed by atoms with Gasteiger partial charge >= 0.3 is 6.18 Å². The summed E-state index contributed by atoms with van der Waals surface area (Å²) in [6.07, 6.45) is -4.45. The maximum Gasteiger partial charge on any atom is 0.433 e. The van der Waals surface area contributed by atoms with E-state index in [1.807, 2.05) is 0 Å². The van der Waals surface area contributed by atoms with Gasteiger partial charge in [-0.25, -0.2) is 4.98 Å². The van der Waals surface area contributed by atoms with Crippen molar-refractivity contribution < 1.29 is 13.2 Å². The molecule has 0 saturated carbocycles. The van der Waals surface area contributed by atoms with Gasteiger partial charge in [0.05, 0.1) is 5.52 Å². The number of nitrogens with zero attached hydrogens (tertiary/aromatic N) is 1. The maximum atomic E-state index is 12.4. The van der Waals surface area contributed by atoms with Crippen molar-refractivity contribution >= 4 is 16.7 Å². The molecule has 3 N–H and O–H groups in total. The number of pyridine rings is 1. The zero-order valence-corrected chi connectivity index (χ0v) is 8.55. The molecule has 0 aliphatic heterocycles. The third kappa shape index (κ3) is 2.20. The van der Waals surface area contributed by atoms with Gasteiger partial charge in [0, 0.05) is 10.9 Å². The van der Waals surface area contributed by atoms with Gasteiger partial charge in [-0.05, 0) is 24.3 Å². The van der Waals surface area contributed by atoms with Crippen molar-refractivity contribution in [2.75, 3.05) is 0 Å². The van der Waals surface area contributed by atoms with Crippen LogP contribution < -0.4 is 5.73 Å². The first-order valence-electron chi connectivity index (χ1n) is 4.70. The SMILES string of the molecule is N=C(N)c1ccc2nc(C(F)(F)F)ccc2c1. The smallest absolute Gasteiger partial charge is 0.384 e. The molecule has 0 amide bonds. The van der Waals surface area contributed by atoms with Gasteiger partial charge in [-0.1, -0.05) is 6.07 Å². The lowest BCUT2D eigenvalue weighted by molar-refractivity contribution is -0.140. The van der Waals surface area contributed by atoms with E-state index in [-0.39, 0.29) is 11.4 Å². The minimum atomic E-state index is -4.45. The second-order valence-corrected chi connectivity index (χ2v) is 3.52. The van der Waals surface area contributed by atoms with E-state index in [0.717, 1.165) is 6.07 Å². The minimum absolute atomic E-state index is 0.133. The van der Waals surface area contributed by atoms with Crippen molar-refractivity contribution in [2.24, 2.45) is 5.73 Å². The fourth-order valence-electron chi connectivity index (χ4n) is 1.45. The average Bonchev–Trinajstić information content (AvgIpc) is 2.26. The second-order valence-electron chi connectivity index (χ2n) is 3.52. The first-order chi connectivity index (χ1) is 7.88. The Morgan fingerprint density at radius 3 is 2.47 bits per heavy atom. The molecule has 0 radical (unpaired) electrons. The number of rotatable bonds is 1. The van der Waals surface area contributed by atoms with Crippen LogP contribution in [0.2, 0.25) is 0 Å². The molecule has 0 aliphatic carbocycles. The number of halogens is 3. The van der Waals surface area contributed by atoms with Crippen LogP contribution >= 0.6 is 0 Å². The van der Waals surface area contributed by atoms with Gasteiger partial charge in [-0.3, -0.25) is 5.41 Å². The van der Waals surface area contributed by atoms with Crippen molar-refractivity contribution in [1.82, 2.24) is 4.98 Å². The monoisotopic (exact) mass is 239 g/mol. The van der Waals surface area contributed by atoms with E-state index in [9.17, 15) is 13.2 Å². The third-order valence-corrected chi connectivity index (χ3v) is 2.29. The number of hydrogen-bond donors (Lipinski definition) is 2. The van der Waals surface area contributed by atoms with Crippen molar-refractivity contribution in [2.45, 2.75) is 6.18 Å². The molecule has 0 unspecified atom stereocenters. The zero-order valence-electron chi connectivity index (χ0n) is 8.55. The highest BCUT2D eigenvalue weighted by Crippen LogP contribution is 2.29. The van der Waals surface area contributed by atoms with Crippen LogP contribution in [0.15, 0.2) is 30.3 Å². The van der Waals surface area contributed by atoms with Crippen molar-refractivity contribution in [3.8, 4) is 0 Å². The highest BCUT2D eigenvalue weighted by atomic mass is 19.4. The van der Waals surface area contributed by atoms with Crippen LogP contribution in [0.5, 0.6) is 0 Å². The highest BCUT2D eigenvalue weighted by Gasteiger charge is 2.32. The Kier molecular flexibility index (Phi) is 2.49. The van der Waals surface area contributed by atoms with E-state index < -0.39 is 11.9 Å². The molecular formula is C11H8F3N3. The fourth-order valence-corrected chi connectivity index (χ4v) is 1.45. The molecule has 2 aromatic rings. The summed E-state index contributed by atoms with van der Waals surface area (Å²) in [6, 6.07) is 6.65. The molecular weight excluding hydrogens is 231 g/mol. The van der Waals surface area contributed by atoms with Crippen molar-refractivity contribution in [3.63, 3.8) is 0 Å². The molecule has 17 heavy (non-hydrogen) atoms. The van der Waals surface area contributed by atoms with E-state index in [1.54, 1.807) is 0 Å². The van der Waals surface area contributed by atoms with Crippen LogP contribution in [0, 0.1) is 5.41 Å². The van der Waals surface area contributed by atoms with Gasteiger partial charge < -0.3 is 5.73 Å². The summed E-state index contributed by atoms with van der Waals surface area (Å²) in [4.78, 5) is 3.51. The van der Waals surface area contributed by atoms with Crippen LogP contribution in [0.3, 0.4) is 0 Å². The van der Waals surface area contributed by atoms with Crippen LogP contribution in [0.1, 0.15) is 11.3 Å². The summed E-state index contributed by atoms with van der Waals surface area (Å²) in [5.41, 5.74) is 5.04. The predicted molar refractivity (Wildman–Crippen MR) is 57.8 cm³/mol. The lowest BCUT2D eigenvalue weighted by Gasteiger charge is -2.07. The van der Waals surface area contributed by atoms with E-state index in [1.165, 1.54) is 24.3 Å². The van der Waals surface area contributed by atoms with Crippen LogP contribution in [0.25, 0.3) is 10.9 Å². The number of aromatic nitrogens is 1. The van der Waals surface area contributed by atoms with E-state index in [0.29, 0.717) is 10.9 Å². The molecule has 3 nitrogen and oxygen atoms in total. The Hall–Kier alpha value is -2.11. The topological polar surface area (TPSA) is 62.8 Å². The summed E-state index contributed by atoms with van der Waals surface area (Å²) in [5, 5.41) is 7.75. The summed E-state index contributed by atoms with van der Waals surface area (Å²) < 4.78 is 37.2. The first-order valence-corrected chi connectivity index (χ1v) is 4.70. The van der Waals surface area contributed by atoms with Gasteiger partial charge in [0.1, 0.15) is 11.5 Å². The van der Waals surface area contributed by atoms with Crippen LogP contribution in [-0.2, 0) is 6.18 Å². The minimum Gasteiger partial charge on any atom is -0.384 e. The molecule has 1 aromatic carbocycles. The molecule has 0 spiro atoms. The Balaban J connectivity index is 2.58. The first kappa shape index (κ1) is 11.4. The number of benzene rings is 1.